The largest absolute Gasteiger partial charge is 0.480 e. The number of aromatic nitrogens is 3. The number of benzene rings is 1. The Morgan fingerprint density at radius 3 is 2.69 bits per heavy atom. The van der Waals surface area contributed by atoms with Crippen molar-refractivity contribution in [2.75, 3.05) is 7.05 Å². The highest BCUT2D eigenvalue weighted by atomic mass is 16.4. The third-order valence-corrected chi connectivity index (χ3v) is 4.36. The molecule has 5 N–H and O–H groups in total. The fraction of sp³-hybridized carbons (Fsp3) is 0.278. The number of H-pyrrole nitrogens is 2. The maximum Gasteiger partial charge on any atom is 0.326 e. The zero-order valence-electron chi connectivity index (χ0n) is 14.3. The van der Waals surface area contributed by atoms with Crippen LogP contribution >= 0.6 is 0 Å². The van der Waals surface area contributed by atoms with Gasteiger partial charge in [0.25, 0.3) is 0 Å². The predicted octanol–water partition coefficient (Wildman–Crippen LogP) is 0.834. The molecule has 0 radical (unpaired) electrons. The predicted molar refractivity (Wildman–Crippen MR) is 96.7 cm³/mol. The van der Waals surface area contributed by atoms with Gasteiger partial charge in [0.15, 0.2) is 0 Å². The second-order valence-corrected chi connectivity index (χ2v) is 6.09. The van der Waals surface area contributed by atoms with Crippen molar-refractivity contribution < 1.29 is 14.7 Å². The van der Waals surface area contributed by atoms with E-state index in [-0.39, 0.29) is 12.3 Å². The van der Waals surface area contributed by atoms with Crippen LogP contribution in [0.4, 0.5) is 0 Å². The highest BCUT2D eigenvalue weighted by Gasteiger charge is 2.26. The van der Waals surface area contributed by atoms with Gasteiger partial charge in [-0.15, -0.1) is 0 Å². The molecule has 0 spiro atoms. The number of aromatic amines is 2. The third-order valence-electron chi connectivity index (χ3n) is 4.36. The molecule has 3 aromatic rings. The number of nitrogens with one attached hydrogen (secondary N) is 4. The number of likely N-dealkylation sites (N-methyl/N-ethyl adjacent to an activating group) is 1. The number of carboxylic acids is 1. The normalized spacial score (nSPS) is 13.4. The van der Waals surface area contributed by atoms with Crippen LogP contribution in [0.1, 0.15) is 11.3 Å². The van der Waals surface area contributed by atoms with Gasteiger partial charge in [0, 0.05) is 41.8 Å². The first kappa shape index (κ1) is 17.7. The van der Waals surface area contributed by atoms with Crippen molar-refractivity contribution >= 4 is 22.8 Å². The van der Waals surface area contributed by atoms with E-state index in [4.69, 9.17) is 0 Å². The average Bonchev–Trinajstić information content (AvgIpc) is 3.29. The van der Waals surface area contributed by atoms with Crippen molar-refractivity contribution in [3.8, 4) is 0 Å². The van der Waals surface area contributed by atoms with Crippen LogP contribution in [0, 0.1) is 0 Å². The fourth-order valence-electron chi connectivity index (χ4n) is 2.93. The molecular weight excluding hydrogens is 334 g/mol. The van der Waals surface area contributed by atoms with Crippen molar-refractivity contribution in [3.05, 3.63) is 54.2 Å². The minimum absolute atomic E-state index is 0.200. The molecule has 8 nitrogen and oxygen atoms in total. The summed E-state index contributed by atoms with van der Waals surface area (Å²) in [4.78, 5) is 34.2. The van der Waals surface area contributed by atoms with Gasteiger partial charge in [0.1, 0.15) is 6.04 Å². The molecule has 2 heterocycles. The number of para-hydroxylation sites is 1. The van der Waals surface area contributed by atoms with Gasteiger partial charge in [-0.25, -0.2) is 9.78 Å². The summed E-state index contributed by atoms with van der Waals surface area (Å²) in [6, 6.07) is 6.09. The minimum atomic E-state index is -1.07. The number of carbonyl (C=O) groups is 2. The number of hydrogen-bond acceptors (Lipinski definition) is 4. The topological polar surface area (TPSA) is 123 Å². The summed E-state index contributed by atoms with van der Waals surface area (Å²) in [6.07, 6.45) is 5.55. The molecule has 1 amide bonds. The van der Waals surface area contributed by atoms with Crippen LogP contribution in [0.2, 0.25) is 0 Å². The Balaban J connectivity index is 1.71. The van der Waals surface area contributed by atoms with Crippen LogP contribution in [0.5, 0.6) is 0 Å². The van der Waals surface area contributed by atoms with Crippen molar-refractivity contribution in [2.24, 2.45) is 0 Å². The van der Waals surface area contributed by atoms with E-state index in [1.165, 1.54) is 6.33 Å². The zero-order valence-corrected chi connectivity index (χ0v) is 14.3. The monoisotopic (exact) mass is 355 g/mol. The van der Waals surface area contributed by atoms with Crippen LogP contribution in [-0.2, 0) is 22.4 Å². The lowest BCUT2D eigenvalue weighted by Crippen LogP contribution is -2.51. The Morgan fingerprint density at radius 1 is 1.19 bits per heavy atom. The Hall–Kier alpha value is -3.13. The van der Waals surface area contributed by atoms with Gasteiger partial charge in [-0.2, -0.15) is 0 Å². The first-order valence-electron chi connectivity index (χ1n) is 8.31. The van der Waals surface area contributed by atoms with E-state index in [9.17, 15) is 14.7 Å². The molecule has 0 saturated heterocycles. The Bertz CT molecular complexity index is 887. The number of nitrogens with zero attached hydrogens (tertiary/aromatic N) is 1. The number of carbonyl (C=O) groups excluding carboxylic acids is 1. The average molecular weight is 355 g/mol. The van der Waals surface area contributed by atoms with Crippen LogP contribution in [-0.4, -0.2) is 51.1 Å². The Morgan fingerprint density at radius 2 is 2.00 bits per heavy atom. The molecule has 3 rings (SSSR count). The highest BCUT2D eigenvalue weighted by Crippen LogP contribution is 2.19. The quantitative estimate of drug-likeness (QED) is 0.410. The summed E-state index contributed by atoms with van der Waals surface area (Å²) in [5.74, 6) is -1.44. The van der Waals surface area contributed by atoms with E-state index in [0.717, 1.165) is 22.2 Å². The van der Waals surface area contributed by atoms with Crippen molar-refractivity contribution in [1.82, 2.24) is 25.6 Å². The molecule has 0 saturated carbocycles. The van der Waals surface area contributed by atoms with Gasteiger partial charge in [-0.3, -0.25) is 4.79 Å². The standard InChI is InChI=1S/C18H21N5O3/c1-19-15(7-12-9-20-10-22-12)17(24)23-16(18(25)26)6-11-8-21-14-5-3-2-4-13(11)14/h2-5,8-10,15-16,19,21H,6-7H2,1H3,(H,20,22)(H,23,24)(H,25,26)/t15-,16-/m0/s1. The molecule has 26 heavy (non-hydrogen) atoms. The summed E-state index contributed by atoms with van der Waals surface area (Å²) in [6.45, 7) is 0. The SMILES string of the molecule is CN[C@@H](Cc1cnc[nH]1)C(=O)N[C@@H](Cc1c[nH]c2ccccc12)C(=O)O. The van der Waals surface area contributed by atoms with Crippen LogP contribution in [0.25, 0.3) is 10.9 Å². The molecule has 8 heteroatoms. The molecule has 0 fully saturated rings. The number of hydrogen-bond donors (Lipinski definition) is 5. The van der Waals surface area contributed by atoms with Gasteiger partial charge >= 0.3 is 5.97 Å². The second kappa shape index (κ2) is 7.83. The van der Waals surface area contributed by atoms with E-state index in [0.29, 0.717) is 6.42 Å². The first-order valence-corrected chi connectivity index (χ1v) is 8.31. The smallest absolute Gasteiger partial charge is 0.326 e. The molecule has 2 atom stereocenters. The summed E-state index contributed by atoms with van der Waals surface area (Å²) in [5.41, 5.74) is 2.58. The zero-order chi connectivity index (χ0) is 18.5. The lowest BCUT2D eigenvalue weighted by Gasteiger charge is -2.19. The van der Waals surface area contributed by atoms with E-state index >= 15 is 0 Å². The van der Waals surface area contributed by atoms with Gasteiger partial charge in [-0.1, -0.05) is 18.2 Å². The van der Waals surface area contributed by atoms with Gasteiger partial charge in [0.05, 0.1) is 12.4 Å². The van der Waals surface area contributed by atoms with Crippen LogP contribution in [0.15, 0.2) is 43.0 Å². The fourth-order valence-corrected chi connectivity index (χ4v) is 2.93. The lowest BCUT2D eigenvalue weighted by molar-refractivity contribution is -0.142. The lowest BCUT2D eigenvalue weighted by atomic mass is 10.0. The molecule has 2 aromatic heterocycles. The Kier molecular flexibility index (Phi) is 5.33. The van der Waals surface area contributed by atoms with Crippen LogP contribution < -0.4 is 10.6 Å². The molecule has 1 aromatic carbocycles. The molecule has 0 aliphatic rings. The summed E-state index contributed by atoms with van der Waals surface area (Å²) >= 11 is 0. The maximum atomic E-state index is 12.5. The summed E-state index contributed by atoms with van der Waals surface area (Å²) < 4.78 is 0. The van der Waals surface area contributed by atoms with Crippen molar-refractivity contribution in [1.29, 1.82) is 0 Å². The molecular formula is C18H21N5O3. The van der Waals surface area contributed by atoms with Gasteiger partial charge < -0.3 is 25.7 Å². The molecule has 136 valence electrons. The van der Waals surface area contributed by atoms with E-state index in [1.54, 1.807) is 19.4 Å². The molecule has 0 unspecified atom stereocenters. The summed E-state index contributed by atoms with van der Waals surface area (Å²) in [5, 5.41) is 16.0. The number of imidazole rings is 1. The molecule has 0 aliphatic carbocycles. The number of amides is 1. The second-order valence-electron chi connectivity index (χ2n) is 6.09. The van der Waals surface area contributed by atoms with Gasteiger partial charge in [0.2, 0.25) is 5.91 Å². The first-order chi connectivity index (χ1) is 12.6. The maximum absolute atomic E-state index is 12.5. The van der Waals surface area contributed by atoms with Gasteiger partial charge in [-0.05, 0) is 18.7 Å². The van der Waals surface area contributed by atoms with Crippen molar-refractivity contribution in [2.45, 2.75) is 24.9 Å². The van der Waals surface area contributed by atoms with E-state index in [1.807, 2.05) is 24.3 Å². The van der Waals surface area contributed by atoms with Crippen LogP contribution in [0.3, 0.4) is 0 Å². The summed E-state index contributed by atoms with van der Waals surface area (Å²) in [7, 11) is 1.66. The van der Waals surface area contributed by atoms with E-state index < -0.39 is 18.1 Å². The number of rotatable bonds is 8. The highest BCUT2D eigenvalue weighted by molar-refractivity contribution is 5.88. The third kappa shape index (κ3) is 3.92. The van der Waals surface area contributed by atoms with E-state index in [2.05, 4.69) is 25.6 Å². The minimum Gasteiger partial charge on any atom is -0.480 e. The number of carboxylic acid groups (broad SMARTS) is 1. The molecule has 0 bridgehead atoms. The number of aliphatic carboxylic acids is 1. The number of fused-ring (bicyclic) bond motifs is 1. The van der Waals surface area contributed by atoms with Crippen molar-refractivity contribution in [3.63, 3.8) is 0 Å². The molecule has 0 aliphatic heterocycles. The Labute approximate surface area is 150 Å².